The van der Waals surface area contributed by atoms with Crippen molar-refractivity contribution < 1.29 is 23.9 Å². The van der Waals surface area contributed by atoms with Crippen LogP contribution in [0.5, 0.6) is 0 Å². The molecule has 24 heavy (non-hydrogen) atoms. The van der Waals surface area contributed by atoms with E-state index in [4.69, 9.17) is 4.42 Å². The molecular formula is C16H16N2O5S. The molecule has 2 amide bonds. The Labute approximate surface area is 141 Å². The summed E-state index contributed by atoms with van der Waals surface area (Å²) in [6, 6.07) is 4.76. The van der Waals surface area contributed by atoms with E-state index in [1.54, 1.807) is 24.4 Å². The van der Waals surface area contributed by atoms with E-state index in [0.717, 1.165) is 0 Å². The van der Waals surface area contributed by atoms with Crippen LogP contribution in [0.25, 0.3) is 0 Å². The van der Waals surface area contributed by atoms with Crippen LogP contribution in [-0.4, -0.2) is 40.9 Å². The van der Waals surface area contributed by atoms with Crippen molar-refractivity contribution in [1.29, 1.82) is 0 Å². The van der Waals surface area contributed by atoms with Crippen LogP contribution in [0.2, 0.25) is 0 Å². The summed E-state index contributed by atoms with van der Waals surface area (Å²) in [7, 11) is 0. The van der Waals surface area contributed by atoms with E-state index in [9.17, 15) is 19.5 Å². The van der Waals surface area contributed by atoms with Gasteiger partial charge in [-0.1, -0.05) is 0 Å². The Kier molecular flexibility index (Phi) is 4.15. The maximum absolute atomic E-state index is 12.7. The number of carboxylic acids is 1. The van der Waals surface area contributed by atoms with Crippen molar-refractivity contribution in [3.8, 4) is 0 Å². The molecule has 1 fully saturated rings. The molecule has 3 rings (SSSR count). The van der Waals surface area contributed by atoms with Crippen LogP contribution in [0, 0.1) is 5.41 Å². The Balaban J connectivity index is 1.74. The van der Waals surface area contributed by atoms with Crippen molar-refractivity contribution in [3.63, 3.8) is 0 Å². The average molecular weight is 348 g/mol. The molecule has 1 unspecified atom stereocenters. The molecule has 1 saturated heterocycles. The largest absolute Gasteiger partial charge is 0.481 e. The van der Waals surface area contributed by atoms with Crippen LogP contribution in [0.1, 0.15) is 34.3 Å². The minimum atomic E-state index is -0.927. The van der Waals surface area contributed by atoms with Gasteiger partial charge in [0.25, 0.3) is 11.8 Å². The Hall–Kier alpha value is -2.61. The van der Waals surface area contributed by atoms with Gasteiger partial charge in [0.1, 0.15) is 5.00 Å². The number of amides is 2. The molecule has 126 valence electrons. The summed E-state index contributed by atoms with van der Waals surface area (Å²) < 4.78 is 5.03. The first kappa shape index (κ1) is 16.3. The smallest absolute Gasteiger partial charge is 0.311 e. The summed E-state index contributed by atoms with van der Waals surface area (Å²) >= 11 is 1.23. The molecule has 2 aromatic rings. The van der Waals surface area contributed by atoms with E-state index in [1.807, 2.05) is 0 Å². The van der Waals surface area contributed by atoms with E-state index in [-0.39, 0.29) is 18.2 Å². The monoisotopic (exact) mass is 348 g/mol. The molecule has 1 aliphatic heterocycles. The predicted molar refractivity (Wildman–Crippen MR) is 87.2 cm³/mol. The number of nitrogens with one attached hydrogen (secondary N) is 1. The quantitative estimate of drug-likeness (QED) is 0.884. The molecule has 0 radical (unpaired) electrons. The summed E-state index contributed by atoms with van der Waals surface area (Å²) in [6.45, 7) is 2.17. The van der Waals surface area contributed by atoms with Gasteiger partial charge in [-0.2, -0.15) is 0 Å². The van der Waals surface area contributed by atoms with E-state index in [2.05, 4.69) is 5.32 Å². The lowest BCUT2D eigenvalue weighted by Gasteiger charge is -2.20. The molecule has 3 heterocycles. The number of hydrogen-bond acceptors (Lipinski definition) is 5. The standard InChI is InChI=1S/C16H16N2O5S/c1-16(15(21)22)5-6-18(9-16)14(20)10-4-8-24-13(10)17-12(19)11-3-2-7-23-11/h2-4,7-8H,5-6,9H2,1H3,(H,17,19)(H,21,22). The summed E-state index contributed by atoms with van der Waals surface area (Å²) in [5.74, 6) is -1.47. The maximum Gasteiger partial charge on any atom is 0.311 e. The summed E-state index contributed by atoms with van der Waals surface area (Å²) in [5.41, 5.74) is -0.571. The number of carboxylic acid groups (broad SMARTS) is 1. The van der Waals surface area contributed by atoms with Crippen LogP contribution in [-0.2, 0) is 4.79 Å². The third-order valence-corrected chi connectivity index (χ3v) is 4.97. The number of rotatable bonds is 4. The van der Waals surface area contributed by atoms with Crippen molar-refractivity contribution in [2.75, 3.05) is 18.4 Å². The second-order valence-electron chi connectivity index (χ2n) is 5.94. The van der Waals surface area contributed by atoms with Crippen LogP contribution in [0.15, 0.2) is 34.3 Å². The van der Waals surface area contributed by atoms with E-state index < -0.39 is 17.3 Å². The number of aliphatic carboxylic acids is 1. The van der Waals surface area contributed by atoms with Crippen molar-refractivity contribution in [2.45, 2.75) is 13.3 Å². The van der Waals surface area contributed by atoms with E-state index in [0.29, 0.717) is 23.5 Å². The lowest BCUT2D eigenvalue weighted by atomic mass is 9.90. The number of anilines is 1. The van der Waals surface area contributed by atoms with Crippen LogP contribution in [0.3, 0.4) is 0 Å². The van der Waals surface area contributed by atoms with E-state index >= 15 is 0 Å². The first-order valence-corrected chi connectivity index (χ1v) is 8.24. The van der Waals surface area contributed by atoms with Gasteiger partial charge in [-0.3, -0.25) is 14.4 Å². The van der Waals surface area contributed by atoms with Crippen LogP contribution >= 0.6 is 11.3 Å². The fourth-order valence-corrected chi connectivity index (χ4v) is 3.40. The zero-order chi connectivity index (χ0) is 17.3. The first-order chi connectivity index (χ1) is 11.4. The SMILES string of the molecule is CC1(C(=O)O)CCN(C(=O)c2ccsc2NC(=O)c2ccco2)C1. The summed E-state index contributed by atoms with van der Waals surface area (Å²) in [4.78, 5) is 37.6. The molecule has 0 spiro atoms. The normalized spacial score (nSPS) is 20.1. The number of carbonyl (C=O) groups is 3. The van der Waals surface area contributed by atoms with Crippen molar-refractivity contribution in [2.24, 2.45) is 5.41 Å². The fourth-order valence-electron chi connectivity index (χ4n) is 2.63. The minimum Gasteiger partial charge on any atom is -0.481 e. The van der Waals surface area contributed by atoms with Gasteiger partial charge in [0.05, 0.1) is 17.2 Å². The molecule has 0 bridgehead atoms. The topological polar surface area (TPSA) is 99.9 Å². The van der Waals surface area contributed by atoms with Crippen molar-refractivity contribution >= 4 is 34.1 Å². The Bertz CT molecular complexity index is 782. The molecule has 7 nitrogen and oxygen atoms in total. The molecule has 1 atom stereocenters. The third-order valence-electron chi connectivity index (χ3n) is 4.14. The molecule has 0 aromatic carbocycles. The lowest BCUT2D eigenvalue weighted by molar-refractivity contribution is -0.147. The molecule has 8 heteroatoms. The zero-order valence-corrected chi connectivity index (χ0v) is 13.8. The Morgan fingerprint density at radius 3 is 2.79 bits per heavy atom. The molecule has 1 aliphatic rings. The Morgan fingerprint density at radius 1 is 1.38 bits per heavy atom. The number of carbonyl (C=O) groups excluding carboxylic acids is 2. The van der Waals surface area contributed by atoms with Gasteiger partial charge in [-0.05, 0) is 36.9 Å². The highest BCUT2D eigenvalue weighted by Crippen LogP contribution is 2.33. The average Bonchev–Trinajstić information content (AvgIpc) is 3.27. The minimum absolute atomic E-state index is 0.154. The van der Waals surface area contributed by atoms with Gasteiger partial charge in [0.15, 0.2) is 5.76 Å². The highest BCUT2D eigenvalue weighted by atomic mass is 32.1. The number of nitrogens with zero attached hydrogens (tertiary/aromatic N) is 1. The molecule has 2 aromatic heterocycles. The van der Waals surface area contributed by atoms with Gasteiger partial charge in [0, 0.05) is 13.1 Å². The lowest BCUT2D eigenvalue weighted by Crippen LogP contribution is -2.35. The molecule has 0 aliphatic carbocycles. The number of furan rings is 1. The summed E-state index contributed by atoms with van der Waals surface area (Å²) in [6.07, 6.45) is 1.80. The number of hydrogen-bond donors (Lipinski definition) is 2. The highest BCUT2D eigenvalue weighted by Gasteiger charge is 2.42. The van der Waals surface area contributed by atoms with E-state index in [1.165, 1.54) is 28.6 Å². The third kappa shape index (κ3) is 2.92. The fraction of sp³-hybridized carbons (Fsp3) is 0.312. The molecule has 2 N–H and O–H groups in total. The van der Waals surface area contributed by atoms with Gasteiger partial charge < -0.3 is 19.7 Å². The highest BCUT2D eigenvalue weighted by molar-refractivity contribution is 7.14. The van der Waals surface area contributed by atoms with Crippen LogP contribution < -0.4 is 5.32 Å². The number of thiophene rings is 1. The van der Waals surface area contributed by atoms with Crippen molar-refractivity contribution in [3.05, 3.63) is 41.2 Å². The van der Waals surface area contributed by atoms with Gasteiger partial charge in [-0.15, -0.1) is 11.3 Å². The predicted octanol–water partition coefficient (Wildman–Crippen LogP) is 2.53. The number of likely N-dealkylation sites (tertiary alicyclic amines) is 1. The first-order valence-electron chi connectivity index (χ1n) is 7.36. The molecule has 0 saturated carbocycles. The molecular weight excluding hydrogens is 332 g/mol. The van der Waals surface area contributed by atoms with Crippen LogP contribution in [0.4, 0.5) is 5.00 Å². The van der Waals surface area contributed by atoms with Crippen molar-refractivity contribution in [1.82, 2.24) is 4.90 Å². The second kappa shape index (κ2) is 6.12. The van der Waals surface area contributed by atoms with Gasteiger partial charge in [-0.25, -0.2) is 0 Å². The van der Waals surface area contributed by atoms with Gasteiger partial charge in [0.2, 0.25) is 0 Å². The second-order valence-corrected chi connectivity index (χ2v) is 6.85. The summed E-state index contributed by atoms with van der Waals surface area (Å²) in [5, 5.41) is 14.1. The Morgan fingerprint density at radius 2 is 2.17 bits per heavy atom. The van der Waals surface area contributed by atoms with Gasteiger partial charge >= 0.3 is 5.97 Å². The zero-order valence-electron chi connectivity index (χ0n) is 12.9. The maximum atomic E-state index is 12.7.